The van der Waals surface area contributed by atoms with E-state index in [4.69, 9.17) is 14.2 Å². The minimum absolute atomic E-state index is 0.0799. The van der Waals surface area contributed by atoms with Gasteiger partial charge in [-0.15, -0.1) is 0 Å². The van der Waals surface area contributed by atoms with E-state index in [-0.39, 0.29) is 31.1 Å². The van der Waals surface area contributed by atoms with Gasteiger partial charge in [0.1, 0.15) is 13.2 Å². The molecule has 6 nitrogen and oxygen atoms in total. The van der Waals surface area contributed by atoms with E-state index in [2.05, 4.69) is 81.5 Å². The maximum absolute atomic E-state index is 12.9. The highest BCUT2D eigenvalue weighted by Gasteiger charge is 2.19. The van der Waals surface area contributed by atoms with Crippen LogP contribution in [-0.4, -0.2) is 37.2 Å². The molecule has 1 unspecified atom stereocenters. The van der Waals surface area contributed by atoms with Crippen molar-refractivity contribution in [3.8, 4) is 0 Å². The van der Waals surface area contributed by atoms with Crippen molar-refractivity contribution < 1.29 is 28.6 Å². The Morgan fingerprint density at radius 3 is 0.787 bits per heavy atom. The van der Waals surface area contributed by atoms with Crippen molar-refractivity contribution in [3.05, 3.63) is 60.8 Å². The second-order valence-corrected chi connectivity index (χ2v) is 23.8. The Balaban J connectivity index is 4.20. The van der Waals surface area contributed by atoms with E-state index < -0.39 is 6.10 Å². The number of hydrogen-bond donors (Lipinski definition) is 0. The normalized spacial score (nSPS) is 12.4. The van der Waals surface area contributed by atoms with Crippen LogP contribution in [0.4, 0.5) is 0 Å². The molecule has 0 amide bonds. The molecule has 466 valence electrons. The molecule has 1 atom stereocenters. The number of unbranched alkanes of at least 4 members (excludes halogenated alkanes) is 44. The van der Waals surface area contributed by atoms with Gasteiger partial charge in [0.15, 0.2) is 6.10 Å². The molecule has 0 radical (unpaired) electrons. The van der Waals surface area contributed by atoms with E-state index in [9.17, 15) is 14.4 Å². The first kappa shape index (κ1) is 77.1. The number of rotatable bonds is 65. The zero-order chi connectivity index (χ0) is 57.8. The van der Waals surface area contributed by atoms with Crippen molar-refractivity contribution in [1.82, 2.24) is 0 Å². The first-order chi connectivity index (χ1) is 39.5. The molecular formula is C74H134O6. The highest BCUT2D eigenvalue weighted by Crippen LogP contribution is 2.18. The Kier molecular flexibility index (Phi) is 66.1. The van der Waals surface area contributed by atoms with Gasteiger partial charge in [0.25, 0.3) is 0 Å². The summed E-state index contributed by atoms with van der Waals surface area (Å²) in [6, 6.07) is 0. The maximum Gasteiger partial charge on any atom is 0.306 e. The van der Waals surface area contributed by atoms with Crippen molar-refractivity contribution >= 4 is 17.9 Å². The molecule has 0 bridgehead atoms. The molecule has 0 aromatic carbocycles. The van der Waals surface area contributed by atoms with Crippen LogP contribution in [0.5, 0.6) is 0 Å². The van der Waals surface area contributed by atoms with E-state index in [1.165, 1.54) is 225 Å². The van der Waals surface area contributed by atoms with Crippen molar-refractivity contribution in [2.75, 3.05) is 13.2 Å². The van der Waals surface area contributed by atoms with Gasteiger partial charge in [-0.2, -0.15) is 0 Å². The van der Waals surface area contributed by atoms with Crippen LogP contribution in [0.1, 0.15) is 374 Å². The first-order valence-electron chi connectivity index (χ1n) is 35.3. The summed E-state index contributed by atoms with van der Waals surface area (Å²) in [5.74, 6) is -0.885. The lowest BCUT2D eigenvalue weighted by Gasteiger charge is -2.18. The third kappa shape index (κ3) is 65.9. The second-order valence-electron chi connectivity index (χ2n) is 23.8. The second kappa shape index (κ2) is 68.6. The monoisotopic (exact) mass is 1120 g/mol. The fraction of sp³-hybridized carbons (Fsp3) is 0.824. The third-order valence-electron chi connectivity index (χ3n) is 15.8. The van der Waals surface area contributed by atoms with E-state index in [1.54, 1.807) is 0 Å². The minimum atomic E-state index is -0.786. The van der Waals surface area contributed by atoms with Crippen LogP contribution < -0.4 is 0 Å². The highest BCUT2D eigenvalue weighted by atomic mass is 16.6. The molecule has 6 heteroatoms. The molecule has 80 heavy (non-hydrogen) atoms. The number of hydrogen-bond acceptors (Lipinski definition) is 6. The number of ether oxygens (including phenoxy) is 3. The molecule has 0 saturated heterocycles. The lowest BCUT2D eigenvalue weighted by atomic mass is 10.0. The van der Waals surface area contributed by atoms with Gasteiger partial charge in [-0.1, -0.05) is 332 Å². The van der Waals surface area contributed by atoms with Crippen molar-refractivity contribution in [2.24, 2.45) is 0 Å². The van der Waals surface area contributed by atoms with E-state index in [1.807, 2.05) is 0 Å². The van der Waals surface area contributed by atoms with Crippen LogP contribution in [-0.2, 0) is 28.6 Å². The molecule has 0 rings (SSSR count). The fourth-order valence-corrected chi connectivity index (χ4v) is 10.5. The summed E-state index contributed by atoms with van der Waals surface area (Å²) in [5.41, 5.74) is 0. The zero-order valence-electron chi connectivity index (χ0n) is 53.6. The summed E-state index contributed by atoms with van der Waals surface area (Å²) < 4.78 is 17.0. The Bertz CT molecular complexity index is 1430. The van der Waals surface area contributed by atoms with Gasteiger partial charge >= 0.3 is 17.9 Å². The van der Waals surface area contributed by atoms with E-state index in [0.29, 0.717) is 19.3 Å². The number of carbonyl (C=O) groups is 3. The molecule has 0 N–H and O–H groups in total. The number of esters is 3. The molecule has 0 fully saturated rings. The standard InChI is InChI=1S/C74H134O6/c1-4-7-10-13-16-19-22-25-28-30-31-32-33-34-35-36-37-38-39-40-41-42-44-46-49-52-55-58-61-64-67-73(76)79-70-71(69-78-72(75)66-63-60-57-54-51-48-45-27-24-21-18-15-12-9-6-3)80-74(77)68-65-62-59-56-53-50-47-43-29-26-23-20-17-14-11-8-5-2/h9,12,17-18,20-21,26-27,29,45,71H,4-8,10-11,13-16,19,22-25,28,30-44,46-70H2,1-3H3/b12-9-,20-17-,21-18-,29-26-,45-27-. The maximum atomic E-state index is 12.9. The molecular weight excluding hydrogens is 985 g/mol. The van der Waals surface area contributed by atoms with Crippen molar-refractivity contribution in [2.45, 2.75) is 380 Å². The van der Waals surface area contributed by atoms with Gasteiger partial charge in [-0.25, -0.2) is 0 Å². The zero-order valence-corrected chi connectivity index (χ0v) is 53.6. The molecule has 0 heterocycles. The van der Waals surface area contributed by atoms with Gasteiger partial charge in [0.05, 0.1) is 0 Å². The van der Waals surface area contributed by atoms with Crippen molar-refractivity contribution in [3.63, 3.8) is 0 Å². The van der Waals surface area contributed by atoms with Gasteiger partial charge in [-0.3, -0.25) is 14.4 Å². The SMILES string of the molecule is CC/C=C\C/C=C\C/C=C\CCCCCCCC(=O)OCC(COC(=O)CCCCCCCCCCCCCCCCCCCCCCCCCCCCCCCC)OC(=O)CCCCCCCCC/C=C\C/C=C\CCCCC. The van der Waals surface area contributed by atoms with Crippen LogP contribution >= 0.6 is 0 Å². The largest absolute Gasteiger partial charge is 0.462 e. The number of allylic oxidation sites excluding steroid dienone is 10. The van der Waals surface area contributed by atoms with Crippen molar-refractivity contribution in [1.29, 1.82) is 0 Å². The fourth-order valence-electron chi connectivity index (χ4n) is 10.5. The predicted molar refractivity (Wildman–Crippen MR) is 348 cm³/mol. The Labute approximate surface area is 498 Å². The summed E-state index contributed by atoms with van der Waals surface area (Å²) in [6.45, 7) is 6.54. The Hall–Kier alpha value is -2.89. The van der Waals surface area contributed by atoms with Crippen LogP contribution in [0.3, 0.4) is 0 Å². The summed E-state index contributed by atoms with van der Waals surface area (Å²) in [4.78, 5) is 38.4. The first-order valence-corrected chi connectivity index (χ1v) is 35.3. The third-order valence-corrected chi connectivity index (χ3v) is 15.8. The summed E-state index contributed by atoms with van der Waals surface area (Å²) in [7, 11) is 0. The topological polar surface area (TPSA) is 78.9 Å². The summed E-state index contributed by atoms with van der Waals surface area (Å²) >= 11 is 0. The molecule has 0 aromatic rings. The molecule has 0 saturated carbocycles. The van der Waals surface area contributed by atoms with Gasteiger partial charge in [-0.05, 0) is 83.5 Å². The lowest BCUT2D eigenvalue weighted by Crippen LogP contribution is -2.30. The van der Waals surface area contributed by atoms with E-state index in [0.717, 1.165) is 109 Å². The summed E-state index contributed by atoms with van der Waals surface area (Å²) in [5, 5.41) is 0. The quantitative estimate of drug-likeness (QED) is 0.0261. The molecule has 0 aliphatic heterocycles. The lowest BCUT2D eigenvalue weighted by molar-refractivity contribution is -0.167. The van der Waals surface area contributed by atoms with Crippen LogP contribution in [0.25, 0.3) is 0 Å². The summed E-state index contributed by atoms with van der Waals surface area (Å²) in [6.07, 6.45) is 88.3. The van der Waals surface area contributed by atoms with Gasteiger partial charge in [0.2, 0.25) is 0 Å². The molecule has 0 aliphatic carbocycles. The van der Waals surface area contributed by atoms with Gasteiger partial charge in [0, 0.05) is 19.3 Å². The minimum Gasteiger partial charge on any atom is -0.462 e. The number of carbonyl (C=O) groups excluding carboxylic acids is 3. The van der Waals surface area contributed by atoms with Crippen LogP contribution in [0, 0.1) is 0 Å². The Morgan fingerprint density at radius 1 is 0.263 bits per heavy atom. The highest BCUT2D eigenvalue weighted by molar-refractivity contribution is 5.71. The average Bonchev–Trinajstić information content (AvgIpc) is 3.46. The molecule has 0 spiro atoms. The average molecular weight is 1120 g/mol. The molecule has 0 aliphatic rings. The predicted octanol–water partition coefficient (Wildman–Crippen LogP) is 24.3. The molecule has 0 aromatic heterocycles. The Morgan fingerprint density at radius 2 is 0.487 bits per heavy atom. The van der Waals surface area contributed by atoms with Gasteiger partial charge < -0.3 is 14.2 Å². The van der Waals surface area contributed by atoms with Crippen LogP contribution in [0.2, 0.25) is 0 Å². The van der Waals surface area contributed by atoms with E-state index >= 15 is 0 Å². The van der Waals surface area contributed by atoms with Crippen LogP contribution in [0.15, 0.2) is 60.8 Å². The smallest absolute Gasteiger partial charge is 0.306 e.